The van der Waals surface area contributed by atoms with Crippen LogP contribution in [0.3, 0.4) is 0 Å². The Morgan fingerprint density at radius 3 is 2.10 bits per heavy atom. The van der Waals surface area contributed by atoms with Gasteiger partial charge in [0.15, 0.2) is 0 Å². The Balaban J connectivity index is 3.20. The highest BCUT2D eigenvalue weighted by molar-refractivity contribution is 14.1. The second-order valence-corrected chi connectivity index (χ2v) is 6.05. The molecule has 0 bridgehead atoms. The quantitative estimate of drug-likeness (QED) is 0.377. The van der Waals surface area contributed by atoms with E-state index in [4.69, 9.17) is 0 Å². The maximum Gasteiger partial charge on any atom is 0.418 e. The summed E-state index contributed by atoms with van der Waals surface area (Å²) in [6.07, 6.45) is -4.43. The Kier molecular flexibility index (Phi) is 5.79. The minimum absolute atomic E-state index is 0.0643. The van der Waals surface area contributed by atoms with Crippen LogP contribution in [-0.4, -0.2) is 17.1 Å². The molecule has 1 rings (SSSR count). The van der Waals surface area contributed by atoms with Gasteiger partial charge in [-0.3, -0.25) is 5.01 Å². The van der Waals surface area contributed by atoms with Crippen molar-refractivity contribution in [3.05, 3.63) is 27.3 Å². The zero-order valence-electron chi connectivity index (χ0n) is 11.7. The smallest absolute Gasteiger partial charge is 0.273 e. The van der Waals surface area contributed by atoms with Gasteiger partial charge in [-0.1, -0.05) is 11.3 Å². The normalized spacial score (nSPS) is 12.7. The summed E-state index contributed by atoms with van der Waals surface area (Å²) in [6, 6.07) is 4.10. The Morgan fingerprint density at radius 2 is 1.65 bits per heavy atom. The number of hydrogen-bond acceptors (Lipinski definition) is 2. The fraction of sp³-hybridized carbons (Fsp3) is 0.538. The lowest BCUT2D eigenvalue weighted by molar-refractivity contribution is -0.137. The third kappa shape index (κ3) is 4.32. The summed E-state index contributed by atoms with van der Waals surface area (Å²) in [7, 11) is 0. The number of alkyl halides is 3. The predicted molar refractivity (Wildman–Crippen MR) is 80.8 cm³/mol. The van der Waals surface area contributed by atoms with E-state index >= 15 is 0 Å². The highest BCUT2D eigenvalue weighted by atomic mass is 127. The van der Waals surface area contributed by atoms with E-state index in [9.17, 15) is 13.2 Å². The van der Waals surface area contributed by atoms with Crippen LogP contribution >= 0.6 is 22.6 Å². The molecule has 0 aliphatic rings. The van der Waals surface area contributed by atoms with E-state index in [1.165, 1.54) is 6.07 Å². The van der Waals surface area contributed by atoms with E-state index < -0.39 is 11.7 Å². The number of nitrogens with zero attached hydrogens (tertiary/aromatic N) is 3. The average Bonchev–Trinajstić information content (AvgIpc) is 2.28. The fourth-order valence-electron chi connectivity index (χ4n) is 1.74. The van der Waals surface area contributed by atoms with Crippen molar-refractivity contribution < 1.29 is 13.2 Å². The molecule has 0 unspecified atom stereocenters. The topological polar surface area (TPSA) is 28.0 Å². The minimum atomic E-state index is -4.43. The largest absolute Gasteiger partial charge is 0.418 e. The van der Waals surface area contributed by atoms with Gasteiger partial charge in [0, 0.05) is 15.7 Å². The maximum absolute atomic E-state index is 13.0. The third-order valence-electron chi connectivity index (χ3n) is 2.60. The van der Waals surface area contributed by atoms with Crippen molar-refractivity contribution in [2.45, 2.75) is 46.0 Å². The third-order valence-corrected chi connectivity index (χ3v) is 3.47. The summed E-state index contributed by atoms with van der Waals surface area (Å²) in [5.74, 6) is 0. The Hall–Kier alpha value is -0.860. The van der Waals surface area contributed by atoms with Gasteiger partial charge in [0.2, 0.25) is 0 Å². The Labute approximate surface area is 130 Å². The van der Waals surface area contributed by atoms with Gasteiger partial charge in [-0.25, -0.2) is 0 Å². The fourth-order valence-corrected chi connectivity index (χ4v) is 2.35. The van der Waals surface area contributed by atoms with Gasteiger partial charge in [-0.2, -0.15) is 13.2 Å². The molecule has 112 valence electrons. The molecule has 0 spiro atoms. The summed E-state index contributed by atoms with van der Waals surface area (Å²) < 4.78 is 39.3. The van der Waals surface area contributed by atoms with E-state index in [1.54, 1.807) is 11.1 Å². The van der Waals surface area contributed by atoms with E-state index in [1.807, 2.05) is 50.3 Å². The molecule has 1 aromatic carbocycles. The van der Waals surface area contributed by atoms with Gasteiger partial charge in [-0.15, -0.1) is 5.11 Å². The molecule has 0 saturated heterocycles. The summed E-state index contributed by atoms with van der Waals surface area (Å²) >= 11 is 1.84. The molecule has 3 nitrogen and oxygen atoms in total. The van der Waals surface area contributed by atoms with Gasteiger partial charge in [0.1, 0.15) is 5.69 Å². The predicted octanol–water partition coefficient (Wildman–Crippen LogP) is 5.43. The number of hydrogen-bond donors (Lipinski definition) is 0. The van der Waals surface area contributed by atoms with E-state index in [-0.39, 0.29) is 17.8 Å². The van der Waals surface area contributed by atoms with E-state index in [0.29, 0.717) is 3.57 Å². The van der Waals surface area contributed by atoms with Gasteiger partial charge >= 0.3 is 6.18 Å². The monoisotopic (exact) mass is 399 g/mol. The summed E-state index contributed by atoms with van der Waals surface area (Å²) in [5.41, 5.74) is -0.896. The molecule has 20 heavy (non-hydrogen) atoms. The second kappa shape index (κ2) is 6.73. The zero-order valence-corrected chi connectivity index (χ0v) is 13.9. The van der Waals surface area contributed by atoms with Crippen LogP contribution in [0, 0.1) is 3.57 Å². The average molecular weight is 399 g/mol. The van der Waals surface area contributed by atoms with Gasteiger partial charge < -0.3 is 0 Å². The lowest BCUT2D eigenvalue weighted by Crippen LogP contribution is -2.31. The lowest BCUT2D eigenvalue weighted by atomic mass is 10.2. The molecule has 0 N–H and O–H groups in total. The van der Waals surface area contributed by atoms with E-state index in [0.717, 1.165) is 6.07 Å². The van der Waals surface area contributed by atoms with Crippen LogP contribution in [0.25, 0.3) is 0 Å². The van der Waals surface area contributed by atoms with Gasteiger partial charge in [-0.05, 0) is 62.4 Å². The zero-order chi connectivity index (χ0) is 15.5. The van der Waals surface area contributed by atoms with Crippen molar-refractivity contribution >= 4 is 28.3 Å². The van der Waals surface area contributed by atoms with Crippen LogP contribution in [0.1, 0.15) is 33.3 Å². The standard InChI is InChI=1S/C13H17F3IN3/c1-8(2)20(9(3)4)19-18-12-10(13(14,15)16)6-5-7-11(12)17/h5-9H,1-4H3. The van der Waals surface area contributed by atoms with Crippen molar-refractivity contribution in [2.24, 2.45) is 10.3 Å². The second-order valence-electron chi connectivity index (χ2n) is 4.89. The first kappa shape index (κ1) is 17.2. The molecule has 0 aromatic heterocycles. The first-order valence-electron chi connectivity index (χ1n) is 6.20. The molecule has 0 radical (unpaired) electrons. The number of benzene rings is 1. The van der Waals surface area contributed by atoms with Crippen LogP contribution in [0.2, 0.25) is 0 Å². The first-order valence-corrected chi connectivity index (χ1v) is 7.28. The molecule has 7 heteroatoms. The van der Waals surface area contributed by atoms with Crippen LogP contribution in [0.5, 0.6) is 0 Å². The van der Waals surface area contributed by atoms with Crippen LogP contribution < -0.4 is 0 Å². The first-order chi connectivity index (χ1) is 9.14. The minimum Gasteiger partial charge on any atom is -0.273 e. The molecular weight excluding hydrogens is 382 g/mol. The van der Waals surface area contributed by atoms with E-state index in [2.05, 4.69) is 10.3 Å². The molecule has 0 fully saturated rings. The SMILES string of the molecule is CC(C)N(N=Nc1c(I)cccc1C(F)(F)F)C(C)C. The molecule has 0 aliphatic carbocycles. The van der Waals surface area contributed by atoms with Crippen LogP contribution in [0.15, 0.2) is 28.5 Å². The van der Waals surface area contributed by atoms with Crippen molar-refractivity contribution in [1.82, 2.24) is 5.01 Å². The molecule has 1 aromatic rings. The Morgan fingerprint density at radius 1 is 1.10 bits per heavy atom. The van der Waals surface area contributed by atoms with Gasteiger partial charge in [0.05, 0.1) is 5.56 Å². The molecular formula is C13H17F3IN3. The van der Waals surface area contributed by atoms with Gasteiger partial charge in [0.25, 0.3) is 0 Å². The van der Waals surface area contributed by atoms with Crippen LogP contribution in [-0.2, 0) is 6.18 Å². The Bertz CT molecular complexity index is 476. The molecule has 0 atom stereocenters. The highest BCUT2D eigenvalue weighted by Gasteiger charge is 2.34. The molecule has 0 heterocycles. The highest BCUT2D eigenvalue weighted by Crippen LogP contribution is 2.39. The molecule has 0 saturated carbocycles. The van der Waals surface area contributed by atoms with Crippen LogP contribution in [0.4, 0.5) is 18.9 Å². The lowest BCUT2D eigenvalue weighted by Gasteiger charge is -2.25. The maximum atomic E-state index is 13.0. The summed E-state index contributed by atoms with van der Waals surface area (Å²) in [5, 5.41) is 9.49. The summed E-state index contributed by atoms with van der Waals surface area (Å²) in [4.78, 5) is 0. The van der Waals surface area contributed by atoms with Crippen molar-refractivity contribution in [3.63, 3.8) is 0 Å². The van der Waals surface area contributed by atoms with Crippen molar-refractivity contribution in [1.29, 1.82) is 0 Å². The van der Waals surface area contributed by atoms with Crippen molar-refractivity contribution in [2.75, 3.05) is 0 Å². The number of rotatable bonds is 4. The van der Waals surface area contributed by atoms with Crippen molar-refractivity contribution in [3.8, 4) is 0 Å². The summed E-state index contributed by atoms with van der Waals surface area (Å²) in [6.45, 7) is 7.67. The molecule has 0 aliphatic heterocycles. The molecule has 0 amide bonds. The number of halogens is 4.